The van der Waals surface area contributed by atoms with Crippen LogP contribution in [-0.4, -0.2) is 33.7 Å². The topological polar surface area (TPSA) is 93.2 Å². The number of imide groups is 1. The average molecular weight is 377 g/mol. The van der Waals surface area contributed by atoms with E-state index in [0.717, 1.165) is 16.7 Å². The highest BCUT2D eigenvalue weighted by Gasteiger charge is 2.26. The largest absolute Gasteiger partial charge is 0.351 e. The van der Waals surface area contributed by atoms with Crippen molar-refractivity contribution < 1.29 is 9.59 Å². The summed E-state index contributed by atoms with van der Waals surface area (Å²) in [5.74, 6) is -0.460. The van der Waals surface area contributed by atoms with E-state index in [9.17, 15) is 9.59 Å². The molecule has 0 saturated heterocycles. The SMILES string of the molecule is CN(Cc1cnn(Cc2ccccc2)c1)C(C(=O)NC(N)=O)c1ccccc1. The maximum atomic E-state index is 12.6. The summed E-state index contributed by atoms with van der Waals surface area (Å²) in [6.07, 6.45) is 3.74. The van der Waals surface area contributed by atoms with Crippen molar-refractivity contribution in [2.75, 3.05) is 7.05 Å². The zero-order valence-corrected chi connectivity index (χ0v) is 15.7. The number of primary amides is 1. The first-order valence-corrected chi connectivity index (χ1v) is 8.93. The van der Waals surface area contributed by atoms with E-state index in [4.69, 9.17) is 5.73 Å². The molecule has 0 spiro atoms. The lowest BCUT2D eigenvalue weighted by molar-refractivity contribution is -0.125. The van der Waals surface area contributed by atoms with Crippen LogP contribution in [0.25, 0.3) is 0 Å². The van der Waals surface area contributed by atoms with Gasteiger partial charge in [-0.05, 0) is 18.2 Å². The van der Waals surface area contributed by atoms with Gasteiger partial charge in [0.2, 0.25) is 5.91 Å². The van der Waals surface area contributed by atoms with Crippen LogP contribution in [0.1, 0.15) is 22.7 Å². The highest BCUT2D eigenvalue weighted by Crippen LogP contribution is 2.21. The third-order valence-corrected chi connectivity index (χ3v) is 4.36. The molecule has 1 atom stereocenters. The second-order valence-electron chi connectivity index (χ2n) is 6.61. The van der Waals surface area contributed by atoms with E-state index in [-0.39, 0.29) is 0 Å². The molecule has 2 aromatic carbocycles. The summed E-state index contributed by atoms with van der Waals surface area (Å²) in [6, 6.07) is 17.8. The fourth-order valence-electron chi connectivity index (χ4n) is 3.16. The van der Waals surface area contributed by atoms with Crippen molar-refractivity contribution in [1.29, 1.82) is 0 Å². The van der Waals surface area contributed by atoms with Gasteiger partial charge in [-0.15, -0.1) is 0 Å². The Labute approximate surface area is 163 Å². The van der Waals surface area contributed by atoms with Crippen molar-refractivity contribution in [3.05, 3.63) is 89.7 Å². The molecule has 144 valence electrons. The van der Waals surface area contributed by atoms with Gasteiger partial charge in [-0.1, -0.05) is 60.7 Å². The highest BCUT2D eigenvalue weighted by molar-refractivity contribution is 5.96. The van der Waals surface area contributed by atoms with E-state index in [2.05, 4.69) is 10.4 Å². The number of nitrogens with one attached hydrogen (secondary N) is 1. The van der Waals surface area contributed by atoms with Crippen molar-refractivity contribution in [2.45, 2.75) is 19.1 Å². The van der Waals surface area contributed by atoms with Crippen LogP contribution in [0, 0.1) is 0 Å². The Morgan fingerprint density at radius 2 is 1.71 bits per heavy atom. The summed E-state index contributed by atoms with van der Waals surface area (Å²) in [6.45, 7) is 1.16. The Kier molecular flexibility index (Phi) is 6.18. The normalized spacial score (nSPS) is 11.9. The quantitative estimate of drug-likeness (QED) is 0.661. The van der Waals surface area contributed by atoms with Crippen LogP contribution in [0.2, 0.25) is 0 Å². The molecule has 0 bridgehead atoms. The molecule has 3 amide bonds. The van der Waals surface area contributed by atoms with Gasteiger partial charge in [0.25, 0.3) is 0 Å². The summed E-state index contributed by atoms with van der Waals surface area (Å²) < 4.78 is 1.86. The number of amides is 3. The van der Waals surface area contributed by atoms with Crippen LogP contribution in [0.4, 0.5) is 4.79 Å². The molecule has 3 rings (SSSR count). The van der Waals surface area contributed by atoms with Crippen molar-refractivity contribution >= 4 is 11.9 Å². The van der Waals surface area contributed by atoms with Crippen LogP contribution in [0.15, 0.2) is 73.1 Å². The fourth-order valence-corrected chi connectivity index (χ4v) is 3.16. The van der Waals surface area contributed by atoms with Gasteiger partial charge in [0, 0.05) is 18.3 Å². The molecule has 0 saturated carbocycles. The molecule has 3 N–H and O–H groups in total. The summed E-state index contributed by atoms with van der Waals surface area (Å²) in [4.78, 5) is 25.6. The Morgan fingerprint density at radius 3 is 2.36 bits per heavy atom. The third kappa shape index (κ3) is 5.05. The molecule has 1 heterocycles. The maximum absolute atomic E-state index is 12.6. The molecule has 0 aliphatic heterocycles. The number of rotatable bonds is 7. The molecule has 7 heteroatoms. The monoisotopic (exact) mass is 377 g/mol. The van der Waals surface area contributed by atoms with Crippen molar-refractivity contribution in [2.24, 2.45) is 5.73 Å². The summed E-state index contributed by atoms with van der Waals surface area (Å²) >= 11 is 0. The molecular formula is C21H23N5O2. The standard InChI is InChI=1S/C21H23N5O2/c1-25(19(20(27)24-21(22)28)18-10-6-3-7-11-18)13-17-12-23-26(15-17)14-16-8-4-2-5-9-16/h2-12,15,19H,13-14H2,1H3,(H3,22,24,27,28). The summed E-state index contributed by atoms with van der Waals surface area (Å²) in [7, 11) is 1.83. The number of carbonyl (C=O) groups is 2. The van der Waals surface area contributed by atoms with E-state index in [0.29, 0.717) is 13.1 Å². The Balaban J connectivity index is 1.74. The lowest BCUT2D eigenvalue weighted by atomic mass is 10.0. The number of aromatic nitrogens is 2. The number of carbonyl (C=O) groups excluding carboxylic acids is 2. The second kappa shape index (κ2) is 8.96. The molecule has 0 aliphatic rings. The van der Waals surface area contributed by atoms with Crippen LogP contribution < -0.4 is 11.1 Å². The number of benzene rings is 2. The van der Waals surface area contributed by atoms with Crippen LogP contribution in [0.5, 0.6) is 0 Å². The minimum atomic E-state index is -0.866. The van der Waals surface area contributed by atoms with E-state index >= 15 is 0 Å². The third-order valence-electron chi connectivity index (χ3n) is 4.36. The van der Waals surface area contributed by atoms with Gasteiger partial charge in [-0.3, -0.25) is 19.7 Å². The molecule has 1 unspecified atom stereocenters. The van der Waals surface area contributed by atoms with E-state index in [1.165, 1.54) is 0 Å². The predicted molar refractivity (Wildman–Crippen MR) is 106 cm³/mol. The van der Waals surface area contributed by atoms with Crippen LogP contribution in [0.3, 0.4) is 0 Å². The molecule has 3 aromatic rings. The first-order chi connectivity index (χ1) is 13.5. The number of nitrogens with zero attached hydrogens (tertiary/aromatic N) is 3. The summed E-state index contributed by atoms with van der Waals surface area (Å²) in [5, 5.41) is 6.59. The molecule has 28 heavy (non-hydrogen) atoms. The molecular weight excluding hydrogens is 354 g/mol. The van der Waals surface area contributed by atoms with Gasteiger partial charge in [0.15, 0.2) is 0 Å². The molecule has 7 nitrogen and oxygen atoms in total. The summed E-state index contributed by atoms with van der Waals surface area (Å²) in [5.41, 5.74) is 8.04. The minimum Gasteiger partial charge on any atom is -0.351 e. The number of likely N-dealkylation sites (N-methyl/N-ethyl adjacent to an activating group) is 1. The van der Waals surface area contributed by atoms with Crippen molar-refractivity contribution in [3.63, 3.8) is 0 Å². The van der Waals surface area contributed by atoms with Gasteiger partial charge < -0.3 is 5.73 Å². The van der Waals surface area contributed by atoms with E-state index in [1.54, 1.807) is 6.20 Å². The fraction of sp³-hybridized carbons (Fsp3) is 0.190. The van der Waals surface area contributed by atoms with Gasteiger partial charge in [-0.25, -0.2) is 4.79 Å². The molecule has 0 fully saturated rings. The molecule has 0 aliphatic carbocycles. The van der Waals surface area contributed by atoms with E-state index in [1.807, 2.05) is 83.5 Å². The average Bonchev–Trinajstić information content (AvgIpc) is 3.09. The number of urea groups is 1. The molecule has 0 radical (unpaired) electrons. The van der Waals surface area contributed by atoms with E-state index < -0.39 is 18.0 Å². The first-order valence-electron chi connectivity index (χ1n) is 8.93. The van der Waals surface area contributed by atoms with Gasteiger partial charge in [-0.2, -0.15) is 5.10 Å². The van der Waals surface area contributed by atoms with Crippen molar-refractivity contribution in [3.8, 4) is 0 Å². The van der Waals surface area contributed by atoms with Crippen LogP contribution in [-0.2, 0) is 17.9 Å². The highest BCUT2D eigenvalue weighted by atomic mass is 16.2. The lowest BCUT2D eigenvalue weighted by Crippen LogP contribution is -2.43. The maximum Gasteiger partial charge on any atom is 0.318 e. The van der Waals surface area contributed by atoms with Gasteiger partial charge >= 0.3 is 6.03 Å². The molecule has 1 aromatic heterocycles. The number of nitrogens with two attached hydrogens (primary N) is 1. The van der Waals surface area contributed by atoms with Gasteiger partial charge in [0.1, 0.15) is 6.04 Å². The minimum absolute atomic E-state index is 0.460. The zero-order valence-electron chi connectivity index (χ0n) is 15.7. The Bertz CT molecular complexity index is 924. The predicted octanol–water partition coefficient (Wildman–Crippen LogP) is 2.30. The lowest BCUT2D eigenvalue weighted by Gasteiger charge is -2.26. The number of hydrogen-bond acceptors (Lipinski definition) is 4. The Hall–Kier alpha value is -3.45. The zero-order chi connectivity index (χ0) is 19.9. The number of hydrogen-bond donors (Lipinski definition) is 2. The Morgan fingerprint density at radius 1 is 1.07 bits per heavy atom. The van der Waals surface area contributed by atoms with Crippen LogP contribution >= 0.6 is 0 Å². The second-order valence-corrected chi connectivity index (χ2v) is 6.61. The first kappa shape index (κ1) is 19.3. The smallest absolute Gasteiger partial charge is 0.318 e. The van der Waals surface area contributed by atoms with Gasteiger partial charge in [0.05, 0.1) is 12.7 Å². The van der Waals surface area contributed by atoms with Crippen molar-refractivity contribution in [1.82, 2.24) is 20.0 Å².